The number of hydrogen-bond donors (Lipinski definition) is 2. The van der Waals surface area contributed by atoms with Crippen molar-refractivity contribution in [1.29, 1.82) is 0 Å². The number of nitrogens with zero attached hydrogens (tertiary/aromatic N) is 1. The van der Waals surface area contributed by atoms with Crippen LogP contribution in [-0.2, 0) is 6.54 Å². The maximum absolute atomic E-state index is 12.7. The summed E-state index contributed by atoms with van der Waals surface area (Å²) in [6.07, 6.45) is 1.98. The molecule has 0 saturated carbocycles. The van der Waals surface area contributed by atoms with Gasteiger partial charge in [-0.05, 0) is 62.1 Å². The molecule has 0 radical (unpaired) electrons. The summed E-state index contributed by atoms with van der Waals surface area (Å²) >= 11 is 0. The molecule has 0 spiro atoms. The second-order valence-electron chi connectivity index (χ2n) is 8.05. The Morgan fingerprint density at radius 2 is 1.93 bits per heavy atom. The summed E-state index contributed by atoms with van der Waals surface area (Å²) in [6.45, 7) is 5.84. The molecule has 0 aliphatic carbocycles. The van der Waals surface area contributed by atoms with Crippen LogP contribution in [0, 0.1) is 0 Å². The van der Waals surface area contributed by atoms with Crippen molar-refractivity contribution in [2.75, 3.05) is 20.2 Å². The Morgan fingerprint density at radius 1 is 1.17 bits per heavy atom. The molecule has 2 aromatic carbocycles. The number of piperidine rings is 1. The van der Waals surface area contributed by atoms with Crippen LogP contribution in [0.15, 0.2) is 48.5 Å². The van der Waals surface area contributed by atoms with Gasteiger partial charge in [-0.3, -0.25) is 4.79 Å². The SMILES string of the molecule is COc1ccc(CNC(=O)c2cccc([C@H]3CCCN(C(=O)NC(C)C)C3)c2)cc1. The van der Waals surface area contributed by atoms with Crippen molar-refractivity contribution in [2.45, 2.75) is 45.2 Å². The van der Waals surface area contributed by atoms with Gasteiger partial charge in [-0.1, -0.05) is 24.3 Å². The van der Waals surface area contributed by atoms with Gasteiger partial charge in [0.2, 0.25) is 0 Å². The molecule has 2 N–H and O–H groups in total. The average Bonchev–Trinajstić information content (AvgIpc) is 2.77. The first kappa shape index (κ1) is 21.7. The van der Waals surface area contributed by atoms with Crippen LogP contribution in [0.5, 0.6) is 5.75 Å². The van der Waals surface area contributed by atoms with E-state index in [-0.39, 0.29) is 23.9 Å². The molecule has 160 valence electrons. The van der Waals surface area contributed by atoms with Gasteiger partial charge in [0.15, 0.2) is 0 Å². The molecule has 6 heteroatoms. The van der Waals surface area contributed by atoms with Crippen LogP contribution in [-0.4, -0.2) is 43.1 Å². The Labute approximate surface area is 178 Å². The third kappa shape index (κ3) is 5.75. The maximum Gasteiger partial charge on any atom is 0.317 e. The van der Waals surface area contributed by atoms with Crippen molar-refractivity contribution in [2.24, 2.45) is 0 Å². The summed E-state index contributed by atoms with van der Waals surface area (Å²) in [5.41, 5.74) is 2.76. The van der Waals surface area contributed by atoms with E-state index in [4.69, 9.17) is 4.74 Å². The van der Waals surface area contributed by atoms with E-state index in [1.54, 1.807) is 7.11 Å². The summed E-state index contributed by atoms with van der Waals surface area (Å²) < 4.78 is 5.16. The average molecular weight is 410 g/mol. The lowest BCUT2D eigenvalue weighted by molar-refractivity contribution is 0.0950. The molecule has 0 aromatic heterocycles. The lowest BCUT2D eigenvalue weighted by Gasteiger charge is -2.33. The molecule has 1 saturated heterocycles. The van der Waals surface area contributed by atoms with Crippen LogP contribution in [0.25, 0.3) is 0 Å². The van der Waals surface area contributed by atoms with Crippen molar-refractivity contribution in [3.63, 3.8) is 0 Å². The number of benzene rings is 2. The van der Waals surface area contributed by atoms with E-state index >= 15 is 0 Å². The Hall–Kier alpha value is -3.02. The minimum atomic E-state index is -0.0992. The molecular formula is C24H31N3O3. The van der Waals surface area contributed by atoms with Crippen LogP contribution >= 0.6 is 0 Å². The van der Waals surface area contributed by atoms with Crippen molar-refractivity contribution >= 4 is 11.9 Å². The van der Waals surface area contributed by atoms with E-state index in [2.05, 4.69) is 16.7 Å². The molecule has 2 aromatic rings. The molecule has 30 heavy (non-hydrogen) atoms. The standard InChI is InChI=1S/C24H31N3O3/c1-17(2)26-24(29)27-13-5-8-21(16-27)19-6-4-7-20(14-19)23(28)25-15-18-9-11-22(30-3)12-10-18/h4,6-7,9-12,14,17,21H,5,8,13,15-16H2,1-3H3,(H,25,28)(H,26,29)/t21-/m0/s1. The van der Waals surface area contributed by atoms with Crippen LogP contribution in [0.3, 0.4) is 0 Å². The molecular weight excluding hydrogens is 378 g/mol. The number of ether oxygens (including phenoxy) is 1. The number of amides is 3. The van der Waals surface area contributed by atoms with Crippen LogP contribution in [0.2, 0.25) is 0 Å². The lowest BCUT2D eigenvalue weighted by Crippen LogP contribution is -2.47. The molecule has 1 aliphatic heterocycles. The van der Waals surface area contributed by atoms with Gasteiger partial charge in [-0.2, -0.15) is 0 Å². The molecule has 6 nitrogen and oxygen atoms in total. The highest BCUT2D eigenvalue weighted by Crippen LogP contribution is 2.27. The first-order valence-electron chi connectivity index (χ1n) is 10.5. The van der Waals surface area contributed by atoms with Gasteiger partial charge in [0.25, 0.3) is 5.91 Å². The van der Waals surface area contributed by atoms with E-state index in [1.165, 1.54) is 0 Å². The zero-order valence-corrected chi connectivity index (χ0v) is 18.0. The first-order chi connectivity index (χ1) is 14.5. The number of urea groups is 1. The molecule has 1 atom stereocenters. The number of rotatable bonds is 6. The molecule has 1 heterocycles. The molecule has 1 aliphatic rings. The highest BCUT2D eigenvalue weighted by atomic mass is 16.5. The third-order valence-corrected chi connectivity index (χ3v) is 5.35. The monoisotopic (exact) mass is 409 g/mol. The summed E-state index contributed by atoms with van der Waals surface area (Å²) in [5.74, 6) is 0.935. The Morgan fingerprint density at radius 3 is 2.63 bits per heavy atom. The minimum absolute atomic E-state index is 0.0110. The third-order valence-electron chi connectivity index (χ3n) is 5.35. The fraction of sp³-hybridized carbons (Fsp3) is 0.417. The number of carbonyl (C=O) groups is 2. The summed E-state index contributed by atoms with van der Waals surface area (Å²) in [4.78, 5) is 26.9. The van der Waals surface area contributed by atoms with E-state index in [0.29, 0.717) is 18.7 Å². The fourth-order valence-corrected chi connectivity index (χ4v) is 3.73. The molecule has 0 unspecified atom stereocenters. The van der Waals surface area contributed by atoms with E-state index < -0.39 is 0 Å². The summed E-state index contributed by atoms with van der Waals surface area (Å²) in [6, 6.07) is 15.5. The number of methoxy groups -OCH3 is 1. The van der Waals surface area contributed by atoms with Crippen molar-refractivity contribution < 1.29 is 14.3 Å². The zero-order chi connectivity index (χ0) is 21.5. The highest BCUT2D eigenvalue weighted by molar-refractivity contribution is 5.94. The largest absolute Gasteiger partial charge is 0.497 e. The Balaban J connectivity index is 1.61. The zero-order valence-electron chi connectivity index (χ0n) is 18.0. The van der Waals surface area contributed by atoms with Crippen molar-refractivity contribution in [3.8, 4) is 5.75 Å². The number of nitrogens with one attached hydrogen (secondary N) is 2. The second kappa shape index (κ2) is 10.1. The molecule has 3 rings (SSSR count). The Kier molecular flexibility index (Phi) is 7.33. The number of hydrogen-bond acceptors (Lipinski definition) is 3. The van der Waals surface area contributed by atoms with E-state index in [1.807, 2.05) is 61.2 Å². The molecule has 0 bridgehead atoms. The van der Waals surface area contributed by atoms with Crippen LogP contribution in [0.1, 0.15) is 54.1 Å². The fourth-order valence-electron chi connectivity index (χ4n) is 3.73. The predicted molar refractivity (Wildman–Crippen MR) is 118 cm³/mol. The summed E-state index contributed by atoms with van der Waals surface area (Å²) in [7, 11) is 1.63. The van der Waals surface area contributed by atoms with Crippen LogP contribution < -0.4 is 15.4 Å². The van der Waals surface area contributed by atoms with Crippen molar-refractivity contribution in [1.82, 2.24) is 15.5 Å². The lowest BCUT2D eigenvalue weighted by atomic mass is 9.89. The number of likely N-dealkylation sites (tertiary alicyclic amines) is 1. The second-order valence-corrected chi connectivity index (χ2v) is 8.05. The van der Waals surface area contributed by atoms with Crippen molar-refractivity contribution in [3.05, 3.63) is 65.2 Å². The van der Waals surface area contributed by atoms with Gasteiger partial charge < -0.3 is 20.3 Å². The van der Waals surface area contributed by atoms with Crippen LogP contribution in [0.4, 0.5) is 4.79 Å². The quantitative estimate of drug-likeness (QED) is 0.760. The predicted octanol–water partition coefficient (Wildman–Crippen LogP) is 3.92. The Bertz CT molecular complexity index is 864. The smallest absolute Gasteiger partial charge is 0.317 e. The van der Waals surface area contributed by atoms with Gasteiger partial charge in [-0.25, -0.2) is 4.79 Å². The summed E-state index contributed by atoms with van der Waals surface area (Å²) in [5, 5.41) is 5.95. The molecule has 3 amide bonds. The van der Waals surface area contributed by atoms with Gasteiger partial charge in [0, 0.05) is 37.2 Å². The van der Waals surface area contributed by atoms with Gasteiger partial charge in [-0.15, -0.1) is 0 Å². The number of carbonyl (C=O) groups excluding carboxylic acids is 2. The topological polar surface area (TPSA) is 70.7 Å². The van der Waals surface area contributed by atoms with Gasteiger partial charge >= 0.3 is 6.03 Å². The van der Waals surface area contributed by atoms with E-state index in [0.717, 1.165) is 36.3 Å². The minimum Gasteiger partial charge on any atom is -0.497 e. The maximum atomic E-state index is 12.7. The highest BCUT2D eigenvalue weighted by Gasteiger charge is 2.25. The van der Waals surface area contributed by atoms with Gasteiger partial charge in [0.05, 0.1) is 7.11 Å². The van der Waals surface area contributed by atoms with Gasteiger partial charge in [0.1, 0.15) is 5.75 Å². The normalized spacial score (nSPS) is 16.3. The first-order valence-corrected chi connectivity index (χ1v) is 10.5. The van der Waals surface area contributed by atoms with E-state index in [9.17, 15) is 9.59 Å². The molecule has 1 fully saturated rings.